The zero-order valence-corrected chi connectivity index (χ0v) is 18.9. The van der Waals surface area contributed by atoms with E-state index in [2.05, 4.69) is 24.6 Å². The lowest BCUT2D eigenvalue weighted by Gasteiger charge is -2.47. The molecule has 5 heterocycles. The van der Waals surface area contributed by atoms with Crippen LogP contribution in [0.3, 0.4) is 0 Å². The van der Waals surface area contributed by atoms with Crippen LogP contribution in [0.15, 0.2) is 18.3 Å². The minimum atomic E-state index is -3.09. The lowest BCUT2D eigenvalue weighted by Crippen LogP contribution is -2.61. The van der Waals surface area contributed by atoms with Crippen LogP contribution in [0.4, 0.5) is 39.5 Å². The molecule has 5 rings (SSSR count). The number of aromatic nitrogens is 3. The first kappa shape index (κ1) is 23.8. The molecule has 2 aromatic heterocycles. The van der Waals surface area contributed by atoms with E-state index in [-0.39, 0.29) is 36.5 Å². The molecule has 13 heteroatoms. The minimum absolute atomic E-state index is 0.0937. The number of nitrogen functional groups attached to an aromatic ring is 1. The number of alkyl halides is 5. The fraction of sp³-hybridized carbons (Fsp3) is 0.591. The molecule has 3 fully saturated rings. The molecule has 0 saturated carbocycles. The van der Waals surface area contributed by atoms with Crippen molar-refractivity contribution >= 4 is 17.6 Å². The number of nitrogens with zero attached hydrogens (tertiary/aromatic N) is 6. The van der Waals surface area contributed by atoms with Gasteiger partial charge in [0.1, 0.15) is 12.0 Å². The highest BCUT2D eigenvalue weighted by atomic mass is 19.3. The van der Waals surface area contributed by atoms with Crippen LogP contribution in [0.5, 0.6) is 5.75 Å². The Hall–Kier alpha value is -2.96. The van der Waals surface area contributed by atoms with E-state index < -0.39 is 25.3 Å². The summed E-state index contributed by atoms with van der Waals surface area (Å²) in [5, 5.41) is 0. The van der Waals surface area contributed by atoms with E-state index in [0.717, 1.165) is 0 Å². The maximum Gasteiger partial charge on any atom is 0.387 e. The Balaban J connectivity index is 1.42. The van der Waals surface area contributed by atoms with Crippen molar-refractivity contribution in [3.05, 3.63) is 18.3 Å². The summed E-state index contributed by atoms with van der Waals surface area (Å²) < 4.78 is 71.3. The topological polar surface area (TPSA) is 83.6 Å². The highest BCUT2D eigenvalue weighted by molar-refractivity contribution is 5.68. The predicted molar refractivity (Wildman–Crippen MR) is 120 cm³/mol. The van der Waals surface area contributed by atoms with Crippen molar-refractivity contribution in [1.82, 2.24) is 19.9 Å². The van der Waals surface area contributed by atoms with Gasteiger partial charge in [-0.2, -0.15) is 13.8 Å². The highest BCUT2D eigenvalue weighted by Crippen LogP contribution is 2.35. The van der Waals surface area contributed by atoms with Crippen LogP contribution in [-0.2, 0) is 0 Å². The Kier molecular flexibility index (Phi) is 6.28. The van der Waals surface area contributed by atoms with Gasteiger partial charge in [-0.1, -0.05) is 0 Å². The van der Waals surface area contributed by atoms with E-state index >= 15 is 0 Å². The second kappa shape index (κ2) is 9.25. The first-order chi connectivity index (χ1) is 16.7. The molecule has 0 unspecified atom stereocenters. The second-order valence-electron chi connectivity index (χ2n) is 9.19. The van der Waals surface area contributed by atoms with Gasteiger partial charge in [0.25, 0.3) is 5.92 Å². The van der Waals surface area contributed by atoms with Gasteiger partial charge in [-0.25, -0.2) is 23.1 Å². The van der Waals surface area contributed by atoms with Crippen LogP contribution < -0.4 is 20.3 Å². The quantitative estimate of drug-likeness (QED) is 0.607. The lowest BCUT2D eigenvalue weighted by molar-refractivity contribution is -0.0494. The van der Waals surface area contributed by atoms with Crippen LogP contribution in [0.2, 0.25) is 0 Å². The maximum absolute atomic E-state index is 13.9. The summed E-state index contributed by atoms with van der Waals surface area (Å²) >= 11 is 0. The molecule has 0 aromatic carbocycles. The van der Waals surface area contributed by atoms with E-state index in [1.54, 1.807) is 6.07 Å². The number of pyridine rings is 1. The molecule has 0 bridgehead atoms. The monoisotopic (exact) mass is 499 g/mol. The SMILES string of the molecule is Nc1ncc(-c2cc(N3CC(N4CCC(F)CC4)C3)nc(N3CCC(F)(F)C3)n2)cc1OC(F)F. The molecular formula is C22H26F5N7O. The first-order valence-electron chi connectivity index (χ1n) is 11.5. The predicted octanol–water partition coefficient (Wildman–Crippen LogP) is 3.19. The van der Waals surface area contributed by atoms with E-state index in [4.69, 9.17) is 5.73 Å². The summed E-state index contributed by atoms with van der Waals surface area (Å²) in [4.78, 5) is 18.6. The standard InChI is InChI=1S/C22H26F5N7O/c23-14-1-4-32(5-2-14)15-10-34(11-15)18-8-16(13-7-17(35-20(24)25)19(28)29-9-13)30-21(31-18)33-6-3-22(26,27)12-33/h7-9,14-15,20H,1-6,10-12H2,(H2,28,29). The fourth-order valence-corrected chi connectivity index (χ4v) is 4.67. The Morgan fingerprint density at radius 3 is 2.46 bits per heavy atom. The second-order valence-corrected chi connectivity index (χ2v) is 9.19. The Bertz CT molecular complexity index is 1060. The van der Waals surface area contributed by atoms with Gasteiger partial charge in [-0.3, -0.25) is 4.90 Å². The third kappa shape index (κ3) is 5.19. The number of ether oxygens (including phenoxy) is 1. The van der Waals surface area contributed by atoms with Crippen LogP contribution in [0.25, 0.3) is 11.3 Å². The first-order valence-corrected chi connectivity index (χ1v) is 11.5. The van der Waals surface area contributed by atoms with Crippen LogP contribution in [0, 0.1) is 0 Å². The summed E-state index contributed by atoms with van der Waals surface area (Å²) in [6, 6.07) is 3.22. The van der Waals surface area contributed by atoms with Crippen LogP contribution in [-0.4, -0.2) is 83.9 Å². The Morgan fingerprint density at radius 1 is 1.06 bits per heavy atom. The molecule has 8 nitrogen and oxygen atoms in total. The van der Waals surface area contributed by atoms with Crippen molar-refractivity contribution < 1.29 is 26.7 Å². The number of rotatable bonds is 6. The van der Waals surface area contributed by atoms with Crippen molar-refractivity contribution in [3.8, 4) is 17.0 Å². The normalized spacial score (nSPS) is 21.5. The molecule has 2 aromatic rings. The van der Waals surface area contributed by atoms with Gasteiger partial charge >= 0.3 is 6.61 Å². The third-order valence-electron chi connectivity index (χ3n) is 6.71. The van der Waals surface area contributed by atoms with Crippen molar-refractivity contribution in [1.29, 1.82) is 0 Å². The molecule has 2 N–H and O–H groups in total. The minimum Gasteiger partial charge on any atom is -0.431 e. The van der Waals surface area contributed by atoms with Gasteiger partial charge < -0.3 is 20.3 Å². The summed E-state index contributed by atoms with van der Waals surface area (Å²) in [5.74, 6) is -2.68. The van der Waals surface area contributed by atoms with E-state index in [9.17, 15) is 22.0 Å². The molecule has 0 spiro atoms. The van der Waals surface area contributed by atoms with Crippen LogP contribution in [0.1, 0.15) is 19.3 Å². The van der Waals surface area contributed by atoms with Crippen molar-refractivity contribution in [2.45, 2.75) is 44.0 Å². The van der Waals surface area contributed by atoms with Crippen molar-refractivity contribution in [2.75, 3.05) is 54.8 Å². The highest BCUT2D eigenvalue weighted by Gasteiger charge is 2.40. The molecule has 190 valence electrons. The molecule has 35 heavy (non-hydrogen) atoms. The molecule has 3 saturated heterocycles. The average Bonchev–Trinajstić information content (AvgIpc) is 3.15. The summed E-state index contributed by atoms with van der Waals surface area (Å²) in [6.45, 7) is -0.781. The van der Waals surface area contributed by atoms with Crippen molar-refractivity contribution in [3.63, 3.8) is 0 Å². The fourth-order valence-electron chi connectivity index (χ4n) is 4.67. The van der Waals surface area contributed by atoms with Gasteiger partial charge in [0.05, 0.1) is 12.2 Å². The molecule has 0 radical (unpaired) electrons. The van der Waals surface area contributed by atoms with Gasteiger partial charge in [0, 0.05) is 63.0 Å². The van der Waals surface area contributed by atoms with Gasteiger partial charge in [0.15, 0.2) is 11.6 Å². The van der Waals surface area contributed by atoms with Gasteiger partial charge in [0.2, 0.25) is 5.95 Å². The smallest absolute Gasteiger partial charge is 0.387 e. The number of hydrogen-bond acceptors (Lipinski definition) is 8. The van der Waals surface area contributed by atoms with Gasteiger partial charge in [-0.15, -0.1) is 0 Å². The van der Waals surface area contributed by atoms with E-state index in [1.165, 1.54) is 17.2 Å². The van der Waals surface area contributed by atoms with Crippen molar-refractivity contribution in [2.24, 2.45) is 0 Å². The van der Waals surface area contributed by atoms with Crippen LogP contribution >= 0.6 is 0 Å². The molecule has 0 amide bonds. The molecular weight excluding hydrogens is 473 g/mol. The zero-order valence-electron chi connectivity index (χ0n) is 18.9. The number of nitrogens with two attached hydrogens (primary N) is 1. The molecule has 3 aliphatic rings. The van der Waals surface area contributed by atoms with E-state index in [1.807, 2.05) is 4.90 Å². The summed E-state index contributed by atoms with van der Waals surface area (Å²) in [6.07, 6.45) is 1.36. The number of halogens is 5. The number of hydrogen-bond donors (Lipinski definition) is 1. The number of piperidine rings is 1. The number of anilines is 3. The zero-order chi connectivity index (χ0) is 24.7. The number of likely N-dealkylation sites (tertiary alicyclic amines) is 1. The Labute approximate surface area is 198 Å². The molecule has 0 atom stereocenters. The molecule has 3 aliphatic heterocycles. The lowest BCUT2D eigenvalue weighted by atomic mass is 10.0. The summed E-state index contributed by atoms with van der Waals surface area (Å²) in [5.41, 5.74) is 6.32. The van der Waals surface area contributed by atoms with Gasteiger partial charge in [-0.05, 0) is 18.9 Å². The van der Waals surface area contributed by atoms with E-state index in [0.29, 0.717) is 56.1 Å². The third-order valence-corrected chi connectivity index (χ3v) is 6.71. The Morgan fingerprint density at radius 2 is 1.80 bits per heavy atom. The maximum atomic E-state index is 13.9. The average molecular weight is 499 g/mol. The largest absolute Gasteiger partial charge is 0.431 e. The summed E-state index contributed by atoms with van der Waals surface area (Å²) in [7, 11) is 0. The molecule has 0 aliphatic carbocycles.